The molecule has 0 spiro atoms. The molecule has 0 unspecified atom stereocenters. The molecule has 0 saturated carbocycles. The van der Waals surface area contributed by atoms with Crippen molar-refractivity contribution in [1.82, 2.24) is 9.97 Å². The highest BCUT2D eigenvalue weighted by molar-refractivity contribution is 7.99. The lowest BCUT2D eigenvalue weighted by molar-refractivity contribution is 0.864. The van der Waals surface area contributed by atoms with Crippen molar-refractivity contribution < 1.29 is 0 Å². The van der Waals surface area contributed by atoms with Gasteiger partial charge in [-0.05, 0) is 48.4 Å². The van der Waals surface area contributed by atoms with E-state index >= 15 is 0 Å². The molecule has 0 saturated heterocycles. The molecule has 3 N–H and O–H groups in total. The smallest absolute Gasteiger partial charge is 0.193 e. The van der Waals surface area contributed by atoms with E-state index in [1.165, 1.54) is 17.3 Å². The van der Waals surface area contributed by atoms with Crippen LogP contribution in [0.15, 0.2) is 40.4 Å². The van der Waals surface area contributed by atoms with Crippen molar-refractivity contribution in [2.75, 3.05) is 0 Å². The molecule has 5 heteroatoms. The quantitative estimate of drug-likeness (QED) is 0.513. The first-order chi connectivity index (χ1) is 9.45. The van der Waals surface area contributed by atoms with Gasteiger partial charge in [0.1, 0.15) is 11.5 Å². The van der Waals surface area contributed by atoms with E-state index in [4.69, 9.17) is 11.1 Å². The van der Waals surface area contributed by atoms with Gasteiger partial charge >= 0.3 is 0 Å². The first kappa shape index (κ1) is 14.5. The van der Waals surface area contributed by atoms with Crippen LogP contribution in [0.4, 0.5) is 0 Å². The molecule has 20 heavy (non-hydrogen) atoms. The first-order valence-corrected chi connectivity index (χ1v) is 7.25. The van der Waals surface area contributed by atoms with Gasteiger partial charge in [-0.25, -0.2) is 9.97 Å². The molecule has 2 rings (SSSR count). The van der Waals surface area contributed by atoms with Crippen molar-refractivity contribution >= 4 is 17.6 Å². The van der Waals surface area contributed by atoms with E-state index in [9.17, 15) is 0 Å². The fourth-order valence-corrected chi connectivity index (χ4v) is 2.57. The van der Waals surface area contributed by atoms with Crippen LogP contribution in [0, 0.1) is 12.3 Å². The molecule has 0 bridgehead atoms. The van der Waals surface area contributed by atoms with Gasteiger partial charge in [0.25, 0.3) is 0 Å². The number of rotatable bonds is 4. The van der Waals surface area contributed by atoms with Gasteiger partial charge in [0.05, 0.1) is 0 Å². The van der Waals surface area contributed by atoms with Crippen LogP contribution in [0.25, 0.3) is 0 Å². The minimum Gasteiger partial charge on any atom is -0.382 e. The van der Waals surface area contributed by atoms with E-state index in [1.807, 2.05) is 6.92 Å². The number of nitrogen functional groups attached to an aromatic ring is 1. The van der Waals surface area contributed by atoms with E-state index in [2.05, 4.69) is 48.1 Å². The summed E-state index contributed by atoms with van der Waals surface area (Å²) in [6.45, 7) is 6.22. The molecular weight excluding hydrogens is 268 g/mol. The molecule has 0 aliphatic carbocycles. The number of nitrogens with one attached hydrogen (secondary N) is 1. The molecule has 0 radical (unpaired) electrons. The van der Waals surface area contributed by atoms with Gasteiger partial charge in [-0.2, -0.15) is 0 Å². The van der Waals surface area contributed by atoms with E-state index in [0.717, 1.165) is 10.6 Å². The predicted octanol–water partition coefficient (Wildman–Crippen LogP) is 3.34. The largest absolute Gasteiger partial charge is 0.382 e. The van der Waals surface area contributed by atoms with Gasteiger partial charge in [0.15, 0.2) is 5.16 Å². The van der Waals surface area contributed by atoms with Crippen molar-refractivity contribution in [2.24, 2.45) is 5.73 Å². The molecule has 2 aromatic rings. The van der Waals surface area contributed by atoms with Crippen molar-refractivity contribution in [3.8, 4) is 0 Å². The Kier molecular flexibility index (Phi) is 4.39. The highest BCUT2D eigenvalue weighted by atomic mass is 32.2. The van der Waals surface area contributed by atoms with Gasteiger partial charge in [-0.15, -0.1) is 0 Å². The number of aryl methyl sites for hydroxylation is 1. The normalized spacial score (nSPS) is 10.8. The summed E-state index contributed by atoms with van der Waals surface area (Å²) in [6.07, 6.45) is 0. The minimum atomic E-state index is -0.0347. The molecule has 1 aromatic carbocycles. The van der Waals surface area contributed by atoms with Gasteiger partial charge in [0.2, 0.25) is 0 Å². The zero-order valence-corrected chi connectivity index (χ0v) is 12.7. The lowest BCUT2D eigenvalue weighted by atomic mass is 10.0. The molecule has 0 atom stereocenters. The predicted molar refractivity (Wildman–Crippen MR) is 82.4 cm³/mol. The molecule has 0 amide bonds. The third-order valence-electron chi connectivity index (χ3n) is 2.87. The minimum absolute atomic E-state index is 0.0347. The summed E-state index contributed by atoms with van der Waals surface area (Å²) < 4.78 is 0. The molecule has 0 fully saturated rings. The Morgan fingerprint density at radius 1 is 1.20 bits per heavy atom. The Hall–Kier alpha value is -1.88. The fraction of sp³-hybridized carbons (Fsp3) is 0.267. The van der Waals surface area contributed by atoms with Crippen LogP contribution in [0.3, 0.4) is 0 Å². The van der Waals surface area contributed by atoms with Gasteiger partial charge in [-0.1, -0.05) is 26.0 Å². The summed E-state index contributed by atoms with van der Waals surface area (Å²) in [4.78, 5) is 9.74. The topological polar surface area (TPSA) is 75.7 Å². The van der Waals surface area contributed by atoms with Crippen molar-refractivity contribution in [3.63, 3.8) is 0 Å². The van der Waals surface area contributed by atoms with Crippen LogP contribution in [-0.4, -0.2) is 15.8 Å². The van der Waals surface area contributed by atoms with Crippen molar-refractivity contribution in [3.05, 3.63) is 47.3 Å². The Labute approximate surface area is 123 Å². The Balaban J connectivity index is 2.23. The summed E-state index contributed by atoms with van der Waals surface area (Å²) >= 11 is 1.48. The molecule has 1 aromatic heterocycles. The van der Waals surface area contributed by atoms with Crippen LogP contribution in [0.1, 0.15) is 36.7 Å². The fourth-order valence-electron chi connectivity index (χ4n) is 1.75. The second-order valence-corrected chi connectivity index (χ2v) is 5.96. The number of nitrogens with zero attached hydrogens (tertiary/aromatic N) is 2. The average molecular weight is 286 g/mol. The maximum Gasteiger partial charge on any atom is 0.193 e. The standard InChI is InChI=1S/C15H18N4S/c1-9(2)11-4-6-12(7-5-11)20-15-18-10(3)8-13(19-15)14(16)17/h4-9H,1-3H3,(H3,16,17). The van der Waals surface area contributed by atoms with Gasteiger partial charge in [0, 0.05) is 10.6 Å². The summed E-state index contributed by atoms with van der Waals surface area (Å²) in [5.74, 6) is 0.487. The second-order valence-electron chi connectivity index (χ2n) is 4.92. The number of benzene rings is 1. The summed E-state index contributed by atoms with van der Waals surface area (Å²) in [6, 6.07) is 10.1. The number of nitrogens with two attached hydrogens (primary N) is 1. The summed E-state index contributed by atoms with van der Waals surface area (Å²) in [7, 11) is 0. The monoisotopic (exact) mass is 286 g/mol. The number of hydrogen-bond acceptors (Lipinski definition) is 4. The number of hydrogen-bond donors (Lipinski definition) is 2. The molecule has 0 aliphatic heterocycles. The van der Waals surface area contributed by atoms with Gasteiger partial charge in [-0.3, -0.25) is 5.41 Å². The maximum atomic E-state index is 7.46. The third kappa shape index (κ3) is 3.57. The molecule has 4 nitrogen and oxygen atoms in total. The van der Waals surface area contributed by atoms with Crippen molar-refractivity contribution in [1.29, 1.82) is 5.41 Å². The second kappa shape index (κ2) is 6.05. The van der Waals surface area contributed by atoms with E-state index in [-0.39, 0.29) is 5.84 Å². The lowest BCUT2D eigenvalue weighted by Crippen LogP contribution is -2.14. The van der Waals surface area contributed by atoms with Crippen LogP contribution in [0.2, 0.25) is 0 Å². The molecule has 0 aliphatic rings. The van der Waals surface area contributed by atoms with Gasteiger partial charge < -0.3 is 5.73 Å². The molecular formula is C15H18N4S. The van der Waals surface area contributed by atoms with E-state index in [0.29, 0.717) is 16.8 Å². The van der Waals surface area contributed by atoms with Crippen LogP contribution < -0.4 is 5.73 Å². The van der Waals surface area contributed by atoms with Crippen LogP contribution >= 0.6 is 11.8 Å². The number of aromatic nitrogens is 2. The van der Waals surface area contributed by atoms with Crippen molar-refractivity contribution in [2.45, 2.75) is 36.7 Å². The van der Waals surface area contributed by atoms with E-state index in [1.54, 1.807) is 6.07 Å². The van der Waals surface area contributed by atoms with Crippen LogP contribution in [-0.2, 0) is 0 Å². The Bertz CT molecular complexity index is 620. The average Bonchev–Trinajstić information content (AvgIpc) is 2.38. The zero-order chi connectivity index (χ0) is 14.7. The lowest BCUT2D eigenvalue weighted by Gasteiger charge is -2.07. The van der Waals surface area contributed by atoms with E-state index < -0.39 is 0 Å². The van der Waals surface area contributed by atoms with Crippen LogP contribution in [0.5, 0.6) is 0 Å². The Morgan fingerprint density at radius 2 is 1.85 bits per heavy atom. The molecule has 1 heterocycles. The zero-order valence-electron chi connectivity index (χ0n) is 11.8. The highest BCUT2D eigenvalue weighted by Crippen LogP contribution is 2.26. The SMILES string of the molecule is Cc1cc(C(=N)N)nc(Sc2ccc(C(C)C)cc2)n1. The Morgan fingerprint density at radius 3 is 2.40 bits per heavy atom. The summed E-state index contributed by atoms with van der Waals surface area (Å²) in [5, 5.41) is 8.08. The highest BCUT2D eigenvalue weighted by Gasteiger charge is 2.07. The first-order valence-electron chi connectivity index (χ1n) is 6.43. The summed E-state index contributed by atoms with van der Waals surface area (Å²) in [5.41, 5.74) is 8.07. The third-order valence-corrected chi connectivity index (χ3v) is 3.74. The maximum absolute atomic E-state index is 7.46. The number of amidine groups is 1. The molecule has 104 valence electrons.